The maximum Gasteiger partial charge on any atom is 0.393 e. The normalized spacial score (nSPS) is 43.0. The summed E-state index contributed by atoms with van der Waals surface area (Å²) >= 11 is 0. The number of carboxylic acids is 1. The van der Waals surface area contributed by atoms with Crippen molar-refractivity contribution in [2.75, 3.05) is 0 Å². The molecule has 1 aliphatic heterocycles. The number of rotatable bonds is 1. The highest BCUT2D eigenvalue weighted by molar-refractivity contribution is 5.74. The maximum absolute atomic E-state index is 12.1. The van der Waals surface area contributed by atoms with Gasteiger partial charge in [0, 0.05) is 6.04 Å². The lowest BCUT2D eigenvalue weighted by atomic mass is 10.1. The molecule has 1 saturated heterocycles. The van der Waals surface area contributed by atoms with Crippen LogP contribution in [0.5, 0.6) is 0 Å². The summed E-state index contributed by atoms with van der Waals surface area (Å²) in [6.07, 6.45) is -4.07. The van der Waals surface area contributed by atoms with Crippen molar-refractivity contribution in [3.05, 3.63) is 0 Å². The predicted octanol–water partition coefficient (Wildman–Crippen LogP) is 0.610. The zero-order chi connectivity index (χ0) is 9.80. The fraction of sp³-hybridized carbons (Fsp3) is 0.857. The number of hydrogen-bond donors (Lipinski definition) is 2. The van der Waals surface area contributed by atoms with Crippen LogP contribution in [-0.2, 0) is 4.79 Å². The molecule has 0 aromatic rings. The van der Waals surface area contributed by atoms with Gasteiger partial charge in [-0.15, -0.1) is 0 Å². The summed E-state index contributed by atoms with van der Waals surface area (Å²) in [4.78, 5) is 10.4. The van der Waals surface area contributed by atoms with Crippen molar-refractivity contribution < 1.29 is 23.1 Å². The van der Waals surface area contributed by atoms with E-state index in [9.17, 15) is 18.0 Å². The van der Waals surface area contributed by atoms with E-state index in [4.69, 9.17) is 5.11 Å². The van der Waals surface area contributed by atoms with Crippen molar-refractivity contribution in [1.82, 2.24) is 5.32 Å². The van der Waals surface area contributed by atoms with Crippen molar-refractivity contribution in [3.63, 3.8) is 0 Å². The van der Waals surface area contributed by atoms with E-state index in [1.54, 1.807) is 0 Å². The van der Waals surface area contributed by atoms with E-state index < -0.39 is 36.1 Å². The summed E-state index contributed by atoms with van der Waals surface area (Å²) in [6.45, 7) is 0. The van der Waals surface area contributed by atoms with Gasteiger partial charge in [0.1, 0.15) is 6.04 Å². The molecule has 2 rings (SSSR count). The van der Waals surface area contributed by atoms with E-state index in [0.717, 1.165) is 0 Å². The molecule has 74 valence electrons. The molecule has 13 heavy (non-hydrogen) atoms. The van der Waals surface area contributed by atoms with Crippen LogP contribution in [0, 0.1) is 11.8 Å². The summed E-state index contributed by atoms with van der Waals surface area (Å²) in [5.74, 6) is -2.89. The number of carbonyl (C=O) groups is 1. The monoisotopic (exact) mass is 195 g/mol. The fourth-order valence-electron chi connectivity index (χ4n) is 2.09. The average molecular weight is 195 g/mol. The van der Waals surface area contributed by atoms with Crippen LogP contribution in [0.1, 0.15) is 6.42 Å². The van der Waals surface area contributed by atoms with Gasteiger partial charge in [-0.05, 0) is 12.3 Å². The second-order valence-electron chi connectivity index (χ2n) is 3.55. The van der Waals surface area contributed by atoms with E-state index in [2.05, 4.69) is 5.32 Å². The second-order valence-corrected chi connectivity index (χ2v) is 3.55. The zero-order valence-electron chi connectivity index (χ0n) is 6.51. The molecule has 0 radical (unpaired) electrons. The smallest absolute Gasteiger partial charge is 0.393 e. The molecule has 3 nitrogen and oxygen atoms in total. The molecular weight excluding hydrogens is 187 g/mol. The van der Waals surface area contributed by atoms with E-state index in [1.165, 1.54) is 0 Å². The Labute approximate surface area is 71.9 Å². The Morgan fingerprint density at radius 3 is 2.38 bits per heavy atom. The quantitative estimate of drug-likeness (QED) is 0.644. The molecule has 4 atom stereocenters. The lowest BCUT2D eigenvalue weighted by Crippen LogP contribution is -2.37. The van der Waals surface area contributed by atoms with E-state index in [-0.39, 0.29) is 6.42 Å². The molecule has 0 unspecified atom stereocenters. The first-order valence-corrected chi connectivity index (χ1v) is 3.97. The van der Waals surface area contributed by atoms with Crippen LogP contribution in [0.4, 0.5) is 13.2 Å². The first kappa shape index (κ1) is 8.80. The molecule has 1 aliphatic carbocycles. The molecule has 0 amide bonds. The van der Waals surface area contributed by atoms with Gasteiger partial charge in [0.2, 0.25) is 0 Å². The van der Waals surface area contributed by atoms with Crippen molar-refractivity contribution in [1.29, 1.82) is 0 Å². The largest absolute Gasteiger partial charge is 0.480 e. The van der Waals surface area contributed by atoms with Crippen LogP contribution in [0.3, 0.4) is 0 Å². The summed E-state index contributed by atoms with van der Waals surface area (Å²) in [6, 6.07) is -1.44. The van der Waals surface area contributed by atoms with Gasteiger partial charge in [-0.1, -0.05) is 0 Å². The van der Waals surface area contributed by atoms with E-state index in [1.807, 2.05) is 0 Å². The molecule has 0 aromatic carbocycles. The number of fused-ring (bicyclic) bond motifs is 1. The molecule has 0 spiro atoms. The van der Waals surface area contributed by atoms with E-state index in [0.29, 0.717) is 0 Å². The molecule has 0 aromatic heterocycles. The first-order chi connectivity index (χ1) is 5.91. The number of nitrogens with one attached hydrogen (secondary N) is 1. The van der Waals surface area contributed by atoms with Crippen molar-refractivity contribution in [3.8, 4) is 0 Å². The van der Waals surface area contributed by atoms with Crippen LogP contribution in [0.2, 0.25) is 0 Å². The SMILES string of the molecule is O=C(O)[C@@H]1C[C@@H]2[C@@H](N1)[C@@H]2C(F)(F)F. The summed E-state index contributed by atoms with van der Waals surface area (Å²) in [5.41, 5.74) is 0. The van der Waals surface area contributed by atoms with Crippen LogP contribution in [-0.4, -0.2) is 29.3 Å². The number of alkyl halides is 3. The van der Waals surface area contributed by atoms with Crippen LogP contribution in [0.25, 0.3) is 0 Å². The van der Waals surface area contributed by atoms with Gasteiger partial charge in [-0.3, -0.25) is 4.79 Å². The minimum Gasteiger partial charge on any atom is -0.480 e. The minimum absolute atomic E-state index is 0.101. The molecular formula is C7H8F3NO2. The second kappa shape index (κ2) is 2.37. The number of hydrogen-bond acceptors (Lipinski definition) is 2. The van der Waals surface area contributed by atoms with Crippen molar-refractivity contribution in [2.45, 2.75) is 24.7 Å². The van der Waals surface area contributed by atoms with Crippen LogP contribution in [0.15, 0.2) is 0 Å². The van der Waals surface area contributed by atoms with Gasteiger partial charge in [0.25, 0.3) is 0 Å². The van der Waals surface area contributed by atoms with Crippen molar-refractivity contribution >= 4 is 5.97 Å². The topological polar surface area (TPSA) is 49.3 Å². The summed E-state index contributed by atoms with van der Waals surface area (Å²) in [7, 11) is 0. The number of halogens is 3. The Morgan fingerprint density at radius 1 is 1.46 bits per heavy atom. The lowest BCUT2D eigenvalue weighted by molar-refractivity contribution is -0.157. The lowest BCUT2D eigenvalue weighted by Gasteiger charge is -2.12. The zero-order valence-corrected chi connectivity index (χ0v) is 6.51. The molecule has 0 bridgehead atoms. The standard InChI is InChI=1S/C7H8F3NO2/c8-7(9,10)4-2-1-3(6(12)13)11-5(2)4/h2-5,11H,1H2,(H,12,13)/t2-,3-,4+,5+/m0/s1. The summed E-state index contributed by atoms with van der Waals surface area (Å²) in [5, 5.41) is 11.0. The number of carboxylic acid groups (broad SMARTS) is 1. The molecule has 1 saturated carbocycles. The third-order valence-corrected chi connectivity index (χ3v) is 2.75. The Kier molecular flexibility index (Phi) is 1.61. The van der Waals surface area contributed by atoms with Gasteiger partial charge in [0.15, 0.2) is 0 Å². The van der Waals surface area contributed by atoms with Gasteiger partial charge in [0.05, 0.1) is 5.92 Å². The fourth-order valence-corrected chi connectivity index (χ4v) is 2.09. The third kappa shape index (κ3) is 1.29. The molecule has 2 aliphatic rings. The average Bonchev–Trinajstić information content (AvgIpc) is 2.48. The molecule has 1 heterocycles. The Morgan fingerprint density at radius 2 is 2.08 bits per heavy atom. The van der Waals surface area contributed by atoms with Gasteiger partial charge in [-0.2, -0.15) is 13.2 Å². The number of aliphatic carboxylic acids is 1. The summed E-state index contributed by atoms with van der Waals surface area (Å²) < 4.78 is 36.3. The van der Waals surface area contributed by atoms with Crippen LogP contribution >= 0.6 is 0 Å². The predicted molar refractivity (Wildman–Crippen MR) is 36.0 cm³/mol. The Balaban J connectivity index is 1.94. The first-order valence-electron chi connectivity index (χ1n) is 3.97. The van der Waals surface area contributed by atoms with Crippen LogP contribution < -0.4 is 5.32 Å². The molecule has 2 N–H and O–H groups in total. The Hall–Kier alpha value is -0.780. The Bertz CT molecular complexity index is 241. The van der Waals surface area contributed by atoms with E-state index >= 15 is 0 Å². The number of piperidine rings is 1. The third-order valence-electron chi connectivity index (χ3n) is 2.75. The van der Waals surface area contributed by atoms with Gasteiger partial charge in [-0.25, -0.2) is 0 Å². The molecule has 2 fully saturated rings. The van der Waals surface area contributed by atoms with Gasteiger partial charge < -0.3 is 10.4 Å². The highest BCUT2D eigenvalue weighted by atomic mass is 19.4. The van der Waals surface area contributed by atoms with Gasteiger partial charge >= 0.3 is 12.1 Å². The molecule has 6 heteroatoms. The minimum atomic E-state index is -4.17. The maximum atomic E-state index is 12.1. The van der Waals surface area contributed by atoms with Crippen molar-refractivity contribution in [2.24, 2.45) is 11.8 Å². The highest BCUT2D eigenvalue weighted by Gasteiger charge is 2.68. The highest BCUT2D eigenvalue weighted by Crippen LogP contribution is 2.55.